The predicted molar refractivity (Wildman–Crippen MR) is 112 cm³/mol. The van der Waals surface area contributed by atoms with Crippen LogP contribution in [0.25, 0.3) is 0 Å². The number of aryl methyl sites for hydroxylation is 4. The van der Waals surface area contributed by atoms with Crippen LogP contribution in [0.1, 0.15) is 36.7 Å². The summed E-state index contributed by atoms with van der Waals surface area (Å²) in [6, 6.07) is 18.4. The van der Waals surface area contributed by atoms with Gasteiger partial charge in [0.05, 0.1) is 7.11 Å². The van der Waals surface area contributed by atoms with E-state index >= 15 is 0 Å². The Morgan fingerprint density at radius 3 is 2.29 bits per heavy atom. The summed E-state index contributed by atoms with van der Waals surface area (Å²) >= 11 is 0. The zero-order valence-corrected chi connectivity index (χ0v) is 16.8. The topological polar surface area (TPSA) is 49.0 Å². The van der Waals surface area contributed by atoms with Gasteiger partial charge in [-0.15, -0.1) is 0 Å². The Balaban J connectivity index is 1.65. The van der Waals surface area contributed by atoms with Gasteiger partial charge in [-0.25, -0.2) is 9.48 Å². The van der Waals surface area contributed by atoms with E-state index in [9.17, 15) is 4.79 Å². The van der Waals surface area contributed by atoms with Crippen LogP contribution < -0.4 is 10.4 Å². The molecule has 0 aliphatic carbocycles. The number of methoxy groups -OCH3 is 1. The zero-order chi connectivity index (χ0) is 19.8. The lowest BCUT2D eigenvalue weighted by Gasteiger charge is -2.05. The van der Waals surface area contributed by atoms with Crippen molar-refractivity contribution >= 4 is 0 Å². The van der Waals surface area contributed by atoms with E-state index in [1.54, 1.807) is 11.8 Å². The van der Waals surface area contributed by atoms with E-state index < -0.39 is 0 Å². The number of ether oxygens (including phenoxy) is 1. The van der Waals surface area contributed by atoms with Crippen molar-refractivity contribution in [1.82, 2.24) is 14.3 Å². The quantitative estimate of drug-likeness (QED) is 0.537. The van der Waals surface area contributed by atoms with Gasteiger partial charge in [-0.2, -0.15) is 5.10 Å². The summed E-state index contributed by atoms with van der Waals surface area (Å²) in [5.74, 6) is 1.73. The monoisotopic (exact) mass is 379 g/mol. The normalized spacial score (nSPS) is 10.9. The van der Waals surface area contributed by atoms with Crippen molar-refractivity contribution in [2.45, 2.75) is 52.1 Å². The van der Waals surface area contributed by atoms with Gasteiger partial charge in [-0.05, 0) is 48.9 Å². The highest BCUT2D eigenvalue weighted by Gasteiger charge is 2.12. The highest BCUT2D eigenvalue weighted by atomic mass is 16.5. The summed E-state index contributed by atoms with van der Waals surface area (Å²) in [5, 5.41) is 4.65. The Hall–Kier alpha value is -2.82. The van der Waals surface area contributed by atoms with Crippen LogP contribution in [-0.2, 0) is 32.4 Å². The molecule has 1 heterocycles. The molecule has 3 rings (SSSR count). The highest BCUT2D eigenvalue weighted by Crippen LogP contribution is 2.13. The Morgan fingerprint density at radius 2 is 1.61 bits per heavy atom. The van der Waals surface area contributed by atoms with E-state index in [2.05, 4.69) is 48.4 Å². The summed E-state index contributed by atoms with van der Waals surface area (Å²) in [5.41, 5.74) is 2.53. The minimum absolute atomic E-state index is 0.0136. The van der Waals surface area contributed by atoms with Crippen LogP contribution in [-0.4, -0.2) is 21.5 Å². The molecule has 0 bridgehead atoms. The predicted octanol–water partition coefficient (Wildman–Crippen LogP) is 3.88. The maximum absolute atomic E-state index is 12.8. The first-order valence-electron chi connectivity index (χ1n) is 10.0. The third-order valence-electron chi connectivity index (χ3n) is 4.92. The number of aromatic nitrogens is 3. The maximum atomic E-state index is 12.8. The molecular weight excluding hydrogens is 350 g/mol. The smallest absolute Gasteiger partial charge is 0.345 e. The lowest BCUT2D eigenvalue weighted by molar-refractivity contribution is 0.414. The van der Waals surface area contributed by atoms with Crippen LogP contribution in [0.15, 0.2) is 59.4 Å². The molecule has 0 aliphatic heterocycles. The van der Waals surface area contributed by atoms with E-state index in [0.717, 1.165) is 50.2 Å². The first-order valence-corrected chi connectivity index (χ1v) is 10.0. The van der Waals surface area contributed by atoms with Gasteiger partial charge in [0.15, 0.2) is 0 Å². The van der Waals surface area contributed by atoms with Crippen molar-refractivity contribution in [3.05, 3.63) is 82.0 Å². The minimum Gasteiger partial charge on any atom is -0.497 e. The van der Waals surface area contributed by atoms with Gasteiger partial charge in [0, 0.05) is 19.5 Å². The second-order valence-electron chi connectivity index (χ2n) is 7.01. The maximum Gasteiger partial charge on any atom is 0.345 e. The fourth-order valence-electron chi connectivity index (χ4n) is 3.39. The summed E-state index contributed by atoms with van der Waals surface area (Å²) in [6.07, 6.45) is 4.40. The molecule has 0 aliphatic rings. The van der Waals surface area contributed by atoms with Crippen molar-refractivity contribution in [2.75, 3.05) is 7.11 Å². The standard InChI is InChI=1S/C23H29N3O2/c1-3-17-25-22(16-13-20-11-14-21(28-2)15-12-20)24-26(23(25)27)18-7-10-19-8-5-4-6-9-19/h4-6,8-9,11-12,14-15H,3,7,10,13,16-18H2,1-2H3. The number of hydrogen-bond donors (Lipinski definition) is 0. The van der Waals surface area contributed by atoms with Crippen molar-refractivity contribution in [3.8, 4) is 5.75 Å². The van der Waals surface area contributed by atoms with Crippen LogP contribution in [0.2, 0.25) is 0 Å². The molecule has 5 heteroatoms. The molecular formula is C23H29N3O2. The molecule has 0 N–H and O–H groups in total. The number of nitrogens with zero attached hydrogens (tertiary/aromatic N) is 3. The van der Waals surface area contributed by atoms with E-state index in [1.807, 2.05) is 22.8 Å². The third-order valence-corrected chi connectivity index (χ3v) is 4.92. The molecule has 0 amide bonds. The van der Waals surface area contributed by atoms with E-state index in [-0.39, 0.29) is 5.69 Å². The summed E-state index contributed by atoms with van der Waals surface area (Å²) < 4.78 is 8.69. The Labute approximate surface area is 166 Å². The number of hydrogen-bond acceptors (Lipinski definition) is 3. The van der Waals surface area contributed by atoms with Crippen molar-refractivity contribution < 1.29 is 4.74 Å². The number of rotatable bonds is 10. The average molecular weight is 380 g/mol. The molecule has 3 aromatic rings. The van der Waals surface area contributed by atoms with Gasteiger partial charge < -0.3 is 4.74 Å². The van der Waals surface area contributed by atoms with E-state index in [4.69, 9.17) is 4.74 Å². The van der Waals surface area contributed by atoms with Crippen LogP contribution in [0, 0.1) is 0 Å². The molecule has 1 aromatic heterocycles. The van der Waals surface area contributed by atoms with E-state index in [1.165, 1.54) is 11.1 Å². The van der Waals surface area contributed by atoms with Crippen molar-refractivity contribution in [1.29, 1.82) is 0 Å². The van der Waals surface area contributed by atoms with E-state index in [0.29, 0.717) is 6.54 Å². The molecule has 5 nitrogen and oxygen atoms in total. The fourth-order valence-corrected chi connectivity index (χ4v) is 3.39. The van der Waals surface area contributed by atoms with Gasteiger partial charge in [0.25, 0.3) is 0 Å². The summed E-state index contributed by atoms with van der Waals surface area (Å²) in [4.78, 5) is 12.8. The molecule has 0 atom stereocenters. The average Bonchev–Trinajstić information content (AvgIpc) is 3.03. The molecule has 0 saturated carbocycles. The van der Waals surface area contributed by atoms with Crippen molar-refractivity contribution in [3.63, 3.8) is 0 Å². The lowest BCUT2D eigenvalue weighted by atomic mass is 10.1. The second kappa shape index (κ2) is 9.93. The molecule has 148 valence electrons. The Kier molecular flexibility index (Phi) is 7.06. The first kappa shape index (κ1) is 19.9. The van der Waals surface area contributed by atoms with Crippen LogP contribution in [0.4, 0.5) is 0 Å². The third kappa shape index (κ3) is 5.12. The van der Waals surface area contributed by atoms with Crippen LogP contribution in [0.5, 0.6) is 5.75 Å². The number of benzene rings is 2. The SMILES string of the molecule is CCCn1c(CCc2ccc(OC)cc2)nn(CCCc2ccccc2)c1=O. The fraction of sp³-hybridized carbons (Fsp3) is 0.391. The molecule has 2 aromatic carbocycles. The Bertz CT molecular complexity index is 911. The largest absolute Gasteiger partial charge is 0.497 e. The van der Waals surface area contributed by atoms with Crippen LogP contribution >= 0.6 is 0 Å². The molecule has 0 unspecified atom stereocenters. The summed E-state index contributed by atoms with van der Waals surface area (Å²) in [6.45, 7) is 3.46. The van der Waals surface area contributed by atoms with Gasteiger partial charge in [0.2, 0.25) is 0 Å². The minimum atomic E-state index is 0.0136. The molecule has 0 saturated heterocycles. The second-order valence-corrected chi connectivity index (χ2v) is 7.01. The van der Waals surface area contributed by atoms with Gasteiger partial charge in [0.1, 0.15) is 11.6 Å². The molecule has 28 heavy (non-hydrogen) atoms. The lowest BCUT2D eigenvalue weighted by Crippen LogP contribution is -2.25. The first-order chi connectivity index (χ1) is 13.7. The van der Waals surface area contributed by atoms with Gasteiger partial charge in [-0.3, -0.25) is 4.57 Å². The van der Waals surface area contributed by atoms with Crippen molar-refractivity contribution in [2.24, 2.45) is 0 Å². The molecule has 0 fully saturated rings. The molecule has 0 spiro atoms. The van der Waals surface area contributed by atoms with Crippen LogP contribution in [0.3, 0.4) is 0 Å². The zero-order valence-electron chi connectivity index (χ0n) is 16.8. The molecule has 0 radical (unpaired) electrons. The summed E-state index contributed by atoms with van der Waals surface area (Å²) in [7, 11) is 1.67. The van der Waals surface area contributed by atoms with Gasteiger partial charge >= 0.3 is 5.69 Å². The van der Waals surface area contributed by atoms with Gasteiger partial charge in [-0.1, -0.05) is 49.4 Å². The Morgan fingerprint density at radius 1 is 0.893 bits per heavy atom. The highest BCUT2D eigenvalue weighted by molar-refractivity contribution is 5.27.